The lowest BCUT2D eigenvalue weighted by Crippen LogP contribution is -2.23. The second kappa shape index (κ2) is 3.22. The predicted octanol–water partition coefficient (Wildman–Crippen LogP) is -2.14. The van der Waals surface area contributed by atoms with Gasteiger partial charge in [-0.15, -0.1) is 0 Å². The quantitative estimate of drug-likeness (QED) is 0.343. The zero-order valence-corrected chi connectivity index (χ0v) is 7.02. The normalized spacial score (nSPS) is 11.5. The predicted molar refractivity (Wildman–Crippen MR) is 50.0 cm³/mol. The van der Waals surface area contributed by atoms with E-state index in [4.69, 9.17) is 11.5 Å². The van der Waals surface area contributed by atoms with E-state index in [-0.39, 0.29) is 10.8 Å². The first-order valence-electron chi connectivity index (χ1n) is 3.06. The molecule has 5 N–H and O–H groups in total. The lowest BCUT2D eigenvalue weighted by atomic mass is 10.6. The summed E-state index contributed by atoms with van der Waals surface area (Å²) in [7, 11) is 0. The molecule has 12 heavy (non-hydrogen) atoms. The maximum Gasteiger partial charge on any atom is 0.305 e. The number of nitrogens with one attached hydrogen (secondary N) is 1. The summed E-state index contributed by atoms with van der Waals surface area (Å²) in [5, 5.41) is 0.523. The van der Waals surface area contributed by atoms with Crippen molar-refractivity contribution in [2.75, 3.05) is 0 Å². The first kappa shape index (κ1) is 8.54. The molecule has 5 nitrogen and oxygen atoms in total. The molecule has 1 rings (SSSR count). The molecule has 0 saturated carbocycles. The molecule has 0 amide bonds. The standard InChI is InChI=1S/C6H8N4OS/c1-3-4(2-9-5(7)8)12-6(11)10-3/h2H,1H2,(H,10,11)(H4,7,8,9)/b4-2+. The van der Waals surface area contributed by atoms with Crippen molar-refractivity contribution in [1.29, 1.82) is 0 Å². The fraction of sp³-hybridized carbons (Fsp3) is 0. The van der Waals surface area contributed by atoms with Gasteiger partial charge < -0.3 is 16.5 Å². The Hall–Kier alpha value is -1.56. The van der Waals surface area contributed by atoms with Crippen LogP contribution in [0.4, 0.5) is 0 Å². The van der Waals surface area contributed by atoms with Gasteiger partial charge in [-0.25, -0.2) is 4.99 Å². The highest BCUT2D eigenvalue weighted by Crippen LogP contribution is 1.69. The molecule has 1 heterocycles. The van der Waals surface area contributed by atoms with Gasteiger partial charge in [-0.05, 0) is 0 Å². The van der Waals surface area contributed by atoms with E-state index in [2.05, 4.69) is 16.6 Å². The van der Waals surface area contributed by atoms with Crippen LogP contribution in [0.5, 0.6) is 0 Å². The molecule has 0 bridgehead atoms. The Morgan fingerprint density at radius 3 is 2.75 bits per heavy atom. The van der Waals surface area contributed by atoms with Crippen molar-refractivity contribution < 1.29 is 0 Å². The van der Waals surface area contributed by atoms with Gasteiger partial charge in [0.1, 0.15) is 0 Å². The molecule has 64 valence electrons. The largest absolute Gasteiger partial charge is 0.370 e. The maximum atomic E-state index is 10.7. The summed E-state index contributed by atoms with van der Waals surface area (Å²) >= 11 is 1.01. The molecule has 0 spiro atoms. The number of thiazole rings is 1. The van der Waals surface area contributed by atoms with Crippen LogP contribution in [0.3, 0.4) is 0 Å². The summed E-state index contributed by atoms with van der Waals surface area (Å²) in [6, 6.07) is 0. The highest BCUT2D eigenvalue weighted by Gasteiger charge is 1.88. The number of aromatic amines is 1. The van der Waals surface area contributed by atoms with E-state index in [0.29, 0.717) is 9.88 Å². The number of nitrogens with zero attached hydrogens (tertiary/aromatic N) is 1. The summed E-state index contributed by atoms with van der Waals surface area (Å²) in [6.07, 6.45) is 1.40. The molecule has 1 aromatic heterocycles. The van der Waals surface area contributed by atoms with Crippen molar-refractivity contribution in [2.24, 2.45) is 16.5 Å². The molecule has 6 heteroatoms. The van der Waals surface area contributed by atoms with Gasteiger partial charge in [0.2, 0.25) is 0 Å². The van der Waals surface area contributed by atoms with Crippen molar-refractivity contribution in [3.05, 3.63) is 19.5 Å². The second-order valence-electron chi connectivity index (χ2n) is 2.04. The Bertz CT molecular complexity index is 451. The number of aliphatic imine (C=N–C) groups is 1. The number of hydrogen-bond acceptors (Lipinski definition) is 3. The van der Waals surface area contributed by atoms with Crippen LogP contribution >= 0.6 is 11.3 Å². The minimum Gasteiger partial charge on any atom is -0.370 e. The monoisotopic (exact) mass is 184 g/mol. The van der Waals surface area contributed by atoms with Crippen molar-refractivity contribution in [2.45, 2.75) is 0 Å². The Balaban J connectivity index is 3.29. The first-order chi connectivity index (χ1) is 5.59. The van der Waals surface area contributed by atoms with Gasteiger partial charge in [0.15, 0.2) is 5.96 Å². The number of H-pyrrole nitrogens is 1. The highest BCUT2D eigenvalue weighted by molar-refractivity contribution is 7.07. The lowest BCUT2D eigenvalue weighted by molar-refractivity contribution is 1.27. The number of guanidine groups is 1. The van der Waals surface area contributed by atoms with Crippen LogP contribution in [0.25, 0.3) is 12.8 Å². The van der Waals surface area contributed by atoms with E-state index < -0.39 is 0 Å². The minimum atomic E-state index is -0.169. The zero-order chi connectivity index (χ0) is 9.14. The van der Waals surface area contributed by atoms with Crippen LogP contribution in [0.1, 0.15) is 0 Å². The molecule has 0 atom stereocenters. The van der Waals surface area contributed by atoms with Gasteiger partial charge in [-0.1, -0.05) is 17.9 Å². The van der Waals surface area contributed by atoms with Crippen molar-refractivity contribution in [1.82, 2.24) is 4.98 Å². The molecule has 0 aliphatic heterocycles. The molecule has 0 aliphatic rings. The van der Waals surface area contributed by atoms with Crippen LogP contribution < -0.4 is 26.2 Å². The van der Waals surface area contributed by atoms with E-state index in [9.17, 15) is 4.79 Å². The van der Waals surface area contributed by atoms with Crippen LogP contribution in [-0.4, -0.2) is 10.9 Å². The molecule has 0 radical (unpaired) electrons. The van der Waals surface area contributed by atoms with E-state index in [0.717, 1.165) is 11.3 Å². The van der Waals surface area contributed by atoms with Crippen molar-refractivity contribution in [3.63, 3.8) is 0 Å². The Morgan fingerprint density at radius 1 is 1.67 bits per heavy atom. The second-order valence-corrected chi connectivity index (χ2v) is 3.06. The third-order valence-electron chi connectivity index (χ3n) is 1.08. The van der Waals surface area contributed by atoms with Crippen molar-refractivity contribution >= 4 is 30.1 Å². The van der Waals surface area contributed by atoms with E-state index in [1.807, 2.05) is 0 Å². The molecule has 1 aromatic rings. The van der Waals surface area contributed by atoms with E-state index in [1.165, 1.54) is 6.20 Å². The molecular weight excluding hydrogens is 176 g/mol. The third-order valence-corrected chi connectivity index (χ3v) is 1.94. The number of hydrogen-bond donors (Lipinski definition) is 3. The van der Waals surface area contributed by atoms with Crippen LogP contribution in [0.2, 0.25) is 0 Å². The number of nitrogens with two attached hydrogens (primary N) is 2. The lowest BCUT2D eigenvalue weighted by Gasteiger charge is -1.81. The number of rotatable bonds is 1. The fourth-order valence-electron chi connectivity index (χ4n) is 0.609. The van der Waals surface area contributed by atoms with Crippen LogP contribution in [-0.2, 0) is 0 Å². The van der Waals surface area contributed by atoms with E-state index in [1.54, 1.807) is 0 Å². The first-order valence-corrected chi connectivity index (χ1v) is 3.88. The topological polar surface area (TPSA) is 97.3 Å². The van der Waals surface area contributed by atoms with Crippen LogP contribution in [0, 0.1) is 0 Å². The smallest absolute Gasteiger partial charge is 0.305 e. The minimum absolute atomic E-state index is 0.0461. The van der Waals surface area contributed by atoms with Gasteiger partial charge in [0.05, 0.1) is 16.1 Å². The van der Waals surface area contributed by atoms with Crippen molar-refractivity contribution in [3.8, 4) is 0 Å². The average Bonchev–Trinajstić information content (AvgIpc) is 2.26. The molecular formula is C6H8N4OS. The molecule has 0 aliphatic carbocycles. The summed E-state index contributed by atoms with van der Waals surface area (Å²) in [5.41, 5.74) is 10.2. The molecule has 0 fully saturated rings. The van der Waals surface area contributed by atoms with Gasteiger partial charge >= 0.3 is 4.87 Å². The van der Waals surface area contributed by atoms with Gasteiger partial charge in [-0.2, -0.15) is 0 Å². The maximum absolute atomic E-state index is 10.7. The van der Waals surface area contributed by atoms with Gasteiger partial charge in [0, 0.05) is 0 Å². The van der Waals surface area contributed by atoms with Crippen LogP contribution in [0.15, 0.2) is 9.79 Å². The summed E-state index contributed by atoms with van der Waals surface area (Å²) in [5.74, 6) is -0.0461. The molecule has 0 aromatic carbocycles. The number of aromatic nitrogens is 1. The van der Waals surface area contributed by atoms with E-state index >= 15 is 0 Å². The molecule has 0 unspecified atom stereocenters. The average molecular weight is 184 g/mol. The van der Waals surface area contributed by atoms with Gasteiger partial charge in [0.25, 0.3) is 0 Å². The molecule has 0 saturated heterocycles. The van der Waals surface area contributed by atoms with Gasteiger partial charge in [-0.3, -0.25) is 4.79 Å². The highest BCUT2D eigenvalue weighted by atomic mass is 32.1. The fourth-order valence-corrected chi connectivity index (χ4v) is 1.26. The SMILES string of the molecule is C=c1[nH]c(=O)s/c1=C/N=C(N)N. The Kier molecular flexibility index (Phi) is 2.29. The Labute approximate surface area is 71.7 Å². The third kappa shape index (κ3) is 1.96. The summed E-state index contributed by atoms with van der Waals surface area (Å²) in [4.78, 5) is 16.7. The summed E-state index contributed by atoms with van der Waals surface area (Å²) in [6.45, 7) is 3.59. The Morgan fingerprint density at radius 2 is 2.33 bits per heavy atom. The zero-order valence-electron chi connectivity index (χ0n) is 6.20. The summed E-state index contributed by atoms with van der Waals surface area (Å²) < 4.78 is 0.633.